The number of hydrazone groups is 1. The van der Waals surface area contributed by atoms with Crippen molar-refractivity contribution in [2.24, 2.45) is 5.10 Å². The highest BCUT2D eigenvalue weighted by Crippen LogP contribution is 2.14. The van der Waals surface area contributed by atoms with Crippen molar-refractivity contribution in [3.63, 3.8) is 0 Å². The van der Waals surface area contributed by atoms with E-state index in [0.717, 1.165) is 37.9 Å². The summed E-state index contributed by atoms with van der Waals surface area (Å²) in [5, 5.41) is 3.99. The Balaban J connectivity index is 1.83. The first-order valence-corrected chi connectivity index (χ1v) is 9.08. The smallest absolute Gasteiger partial charge is 0.259 e. The van der Waals surface area contributed by atoms with Crippen LogP contribution < -0.4 is 10.3 Å². The zero-order valence-electron chi connectivity index (χ0n) is 15.2. The molecule has 1 aliphatic rings. The van der Waals surface area contributed by atoms with Crippen LogP contribution in [0.3, 0.4) is 0 Å². The number of rotatable bonds is 7. The molecular formula is C19H28N4O2. The third-order valence-electron chi connectivity index (χ3n) is 4.43. The molecule has 6 nitrogen and oxygen atoms in total. The molecule has 0 saturated carbocycles. The van der Waals surface area contributed by atoms with Gasteiger partial charge in [0, 0.05) is 31.7 Å². The van der Waals surface area contributed by atoms with Crippen molar-refractivity contribution in [3.8, 4) is 0 Å². The van der Waals surface area contributed by atoms with E-state index in [1.165, 1.54) is 5.69 Å². The normalized spacial score (nSPS) is 15.3. The standard InChI is InChI=1S/C19H28N4O2/c1-3-22(4-2)17-11-9-16(10-12-17)14-20-21-18(24)15-23-13-7-5-6-8-19(23)25/h9-12,14H,3-8,13,15H2,1-2H3,(H,21,24)/b20-14-. The monoisotopic (exact) mass is 344 g/mol. The first-order valence-electron chi connectivity index (χ1n) is 9.08. The third kappa shape index (κ3) is 5.89. The summed E-state index contributed by atoms with van der Waals surface area (Å²) in [5.41, 5.74) is 4.60. The van der Waals surface area contributed by atoms with Gasteiger partial charge in [-0.1, -0.05) is 18.6 Å². The molecule has 1 fully saturated rings. The maximum absolute atomic E-state index is 12.0. The summed E-state index contributed by atoms with van der Waals surface area (Å²) in [6, 6.07) is 8.04. The number of carbonyl (C=O) groups is 2. The van der Waals surface area contributed by atoms with E-state index in [1.54, 1.807) is 11.1 Å². The number of amides is 2. The fraction of sp³-hybridized carbons (Fsp3) is 0.526. The molecular weight excluding hydrogens is 316 g/mol. The van der Waals surface area contributed by atoms with Crippen LogP contribution in [-0.2, 0) is 9.59 Å². The minimum absolute atomic E-state index is 0.0589. The summed E-state index contributed by atoms with van der Waals surface area (Å²) in [6.07, 6.45) is 5.08. The molecule has 1 heterocycles. The lowest BCUT2D eigenvalue weighted by Gasteiger charge is -2.20. The highest BCUT2D eigenvalue weighted by molar-refractivity contribution is 5.86. The number of carbonyl (C=O) groups excluding carboxylic acids is 2. The second-order valence-electron chi connectivity index (χ2n) is 6.18. The Labute approximate surface area is 149 Å². The Hall–Kier alpha value is -2.37. The fourth-order valence-electron chi connectivity index (χ4n) is 2.95. The van der Waals surface area contributed by atoms with E-state index in [4.69, 9.17) is 0 Å². The van der Waals surface area contributed by atoms with E-state index in [1.807, 2.05) is 24.3 Å². The number of hydrogen-bond donors (Lipinski definition) is 1. The zero-order valence-corrected chi connectivity index (χ0v) is 15.2. The van der Waals surface area contributed by atoms with Crippen LogP contribution in [0.1, 0.15) is 45.1 Å². The Kier molecular flexibility index (Phi) is 7.44. The highest BCUT2D eigenvalue weighted by Gasteiger charge is 2.18. The van der Waals surface area contributed by atoms with Crippen molar-refractivity contribution in [2.75, 3.05) is 31.1 Å². The van der Waals surface area contributed by atoms with Crippen molar-refractivity contribution in [1.82, 2.24) is 10.3 Å². The van der Waals surface area contributed by atoms with Gasteiger partial charge in [-0.25, -0.2) is 5.43 Å². The van der Waals surface area contributed by atoms with E-state index >= 15 is 0 Å². The van der Waals surface area contributed by atoms with Crippen LogP contribution in [0.2, 0.25) is 0 Å². The van der Waals surface area contributed by atoms with Gasteiger partial charge in [0.25, 0.3) is 5.91 Å². The van der Waals surface area contributed by atoms with Crippen molar-refractivity contribution in [1.29, 1.82) is 0 Å². The first kappa shape index (κ1) is 19.0. The molecule has 0 radical (unpaired) electrons. The number of likely N-dealkylation sites (tertiary alicyclic amines) is 1. The van der Waals surface area contributed by atoms with Crippen LogP contribution in [0, 0.1) is 0 Å². The van der Waals surface area contributed by atoms with Gasteiger partial charge >= 0.3 is 0 Å². The fourth-order valence-corrected chi connectivity index (χ4v) is 2.95. The molecule has 2 amide bonds. The molecule has 0 bridgehead atoms. The Morgan fingerprint density at radius 3 is 2.60 bits per heavy atom. The number of hydrogen-bond acceptors (Lipinski definition) is 4. The molecule has 0 aromatic heterocycles. The van der Waals surface area contributed by atoms with Gasteiger partial charge in [-0.05, 0) is 44.4 Å². The molecule has 0 aliphatic carbocycles. The van der Waals surface area contributed by atoms with Gasteiger partial charge in [0.15, 0.2) is 0 Å². The molecule has 0 spiro atoms. The number of anilines is 1. The number of benzene rings is 1. The van der Waals surface area contributed by atoms with Crippen LogP contribution in [0.15, 0.2) is 29.4 Å². The zero-order chi connectivity index (χ0) is 18.1. The average molecular weight is 344 g/mol. The van der Waals surface area contributed by atoms with Crippen LogP contribution in [0.4, 0.5) is 5.69 Å². The van der Waals surface area contributed by atoms with Gasteiger partial charge in [0.2, 0.25) is 5.91 Å². The molecule has 136 valence electrons. The lowest BCUT2D eigenvalue weighted by atomic mass is 10.2. The largest absolute Gasteiger partial charge is 0.372 e. The van der Waals surface area contributed by atoms with Gasteiger partial charge in [-0.15, -0.1) is 0 Å². The summed E-state index contributed by atoms with van der Waals surface area (Å²) < 4.78 is 0. The average Bonchev–Trinajstić information content (AvgIpc) is 2.82. The van der Waals surface area contributed by atoms with E-state index in [0.29, 0.717) is 13.0 Å². The second kappa shape index (κ2) is 9.81. The molecule has 1 aromatic carbocycles. The maximum Gasteiger partial charge on any atom is 0.259 e. The number of nitrogens with one attached hydrogen (secondary N) is 1. The minimum atomic E-state index is -0.258. The number of nitrogens with zero attached hydrogens (tertiary/aromatic N) is 3. The van der Waals surface area contributed by atoms with Gasteiger partial charge in [-0.3, -0.25) is 9.59 Å². The Morgan fingerprint density at radius 1 is 1.20 bits per heavy atom. The summed E-state index contributed by atoms with van der Waals surface area (Å²) in [4.78, 5) is 27.7. The molecule has 1 saturated heterocycles. The molecule has 0 unspecified atom stereocenters. The summed E-state index contributed by atoms with van der Waals surface area (Å²) in [7, 11) is 0. The van der Waals surface area contributed by atoms with E-state index < -0.39 is 0 Å². The molecule has 2 rings (SSSR count). The maximum atomic E-state index is 12.0. The predicted molar refractivity (Wildman–Crippen MR) is 101 cm³/mol. The predicted octanol–water partition coefficient (Wildman–Crippen LogP) is 2.39. The van der Waals surface area contributed by atoms with Gasteiger partial charge in [-0.2, -0.15) is 5.10 Å². The Bertz CT molecular complexity index is 594. The van der Waals surface area contributed by atoms with Crippen LogP contribution in [0.25, 0.3) is 0 Å². The van der Waals surface area contributed by atoms with Gasteiger partial charge in [0.1, 0.15) is 6.54 Å². The lowest BCUT2D eigenvalue weighted by Crippen LogP contribution is -2.39. The first-order chi connectivity index (χ1) is 12.1. The summed E-state index contributed by atoms with van der Waals surface area (Å²) >= 11 is 0. The van der Waals surface area contributed by atoms with Crippen LogP contribution in [-0.4, -0.2) is 49.1 Å². The van der Waals surface area contributed by atoms with E-state index in [-0.39, 0.29) is 18.4 Å². The topological polar surface area (TPSA) is 65.0 Å². The minimum Gasteiger partial charge on any atom is -0.372 e. The molecule has 1 aromatic rings. The quantitative estimate of drug-likeness (QED) is 0.610. The van der Waals surface area contributed by atoms with Crippen molar-refractivity contribution < 1.29 is 9.59 Å². The summed E-state index contributed by atoms with van der Waals surface area (Å²) in [5.74, 6) is -0.199. The molecule has 25 heavy (non-hydrogen) atoms. The van der Waals surface area contributed by atoms with Crippen molar-refractivity contribution in [2.45, 2.75) is 39.5 Å². The molecule has 0 atom stereocenters. The van der Waals surface area contributed by atoms with Crippen LogP contribution in [0.5, 0.6) is 0 Å². The van der Waals surface area contributed by atoms with Crippen LogP contribution >= 0.6 is 0 Å². The van der Waals surface area contributed by atoms with Gasteiger partial charge in [0.05, 0.1) is 6.21 Å². The molecule has 1 aliphatic heterocycles. The van der Waals surface area contributed by atoms with E-state index in [9.17, 15) is 9.59 Å². The third-order valence-corrected chi connectivity index (χ3v) is 4.43. The van der Waals surface area contributed by atoms with Gasteiger partial charge < -0.3 is 9.80 Å². The SMILES string of the molecule is CCN(CC)c1ccc(/C=N\NC(=O)CN2CCCCCC2=O)cc1. The second-order valence-corrected chi connectivity index (χ2v) is 6.18. The molecule has 1 N–H and O–H groups in total. The van der Waals surface area contributed by atoms with Crippen molar-refractivity contribution in [3.05, 3.63) is 29.8 Å². The Morgan fingerprint density at radius 2 is 1.92 bits per heavy atom. The van der Waals surface area contributed by atoms with E-state index in [2.05, 4.69) is 29.3 Å². The van der Waals surface area contributed by atoms with Crippen molar-refractivity contribution >= 4 is 23.7 Å². The summed E-state index contributed by atoms with van der Waals surface area (Å²) in [6.45, 7) is 6.93. The highest BCUT2D eigenvalue weighted by atomic mass is 16.2. The molecule has 6 heteroatoms. The lowest BCUT2D eigenvalue weighted by molar-refractivity contribution is -0.135.